The number of amides is 1. The van der Waals surface area contributed by atoms with Gasteiger partial charge in [-0.2, -0.15) is 0 Å². The molecule has 1 amide bonds. The fourth-order valence-electron chi connectivity index (χ4n) is 2.26. The minimum absolute atomic E-state index is 0.00237. The summed E-state index contributed by atoms with van der Waals surface area (Å²) in [7, 11) is 2.05. The van der Waals surface area contributed by atoms with Crippen LogP contribution in [-0.4, -0.2) is 60.6 Å². The molecule has 1 aromatic carbocycles. The van der Waals surface area contributed by atoms with Gasteiger partial charge in [0, 0.05) is 31.7 Å². The molecule has 0 spiro atoms. The Kier molecular flexibility index (Phi) is 4.98. The van der Waals surface area contributed by atoms with Crippen LogP contribution in [0.2, 0.25) is 0 Å². The summed E-state index contributed by atoms with van der Waals surface area (Å²) in [6.45, 7) is 5.20. The van der Waals surface area contributed by atoms with Crippen molar-refractivity contribution in [3.05, 3.63) is 29.3 Å². The Morgan fingerprint density at radius 1 is 1.30 bits per heavy atom. The number of carbonyl (C=O) groups excluding carboxylic acids is 1. The quantitative estimate of drug-likeness (QED) is 0.878. The van der Waals surface area contributed by atoms with Crippen LogP contribution in [0.15, 0.2) is 18.2 Å². The largest absolute Gasteiger partial charge is 0.483 e. The standard InChI is InChI=1S/C15H22N2O3/c1-12-3-4-14(13(9-12)10-18)20-11-15(19)17-7-5-16(2)6-8-17/h3-4,9,18H,5-8,10-11H2,1-2H3. The monoisotopic (exact) mass is 278 g/mol. The van der Waals surface area contributed by atoms with Gasteiger partial charge in [-0.15, -0.1) is 0 Å². The van der Waals surface area contributed by atoms with Crippen LogP contribution in [0.4, 0.5) is 0 Å². The maximum absolute atomic E-state index is 12.1. The van der Waals surface area contributed by atoms with E-state index in [9.17, 15) is 9.90 Å². The first-order valence-corrected chi connectivity index (χ1v) is 6.89. The van der Waals surface area contributed by atoms with E-state index in [1.165, 1.54) is 0 Å². The number of aliphatic hydroxyl groups excluding tert-OH is 1. The third-order valence-corrected chi connectivity index (χ3v) is 3.59. The third kappa shape index (κ3) is 3.71. The van der Waals surface area contributed by atoms with Crippen molar-refractivity contribution < 1.29 is 14.6 Å². The lowest BCUT2D eigenvalue weighted by Gasteiger charge is -2.32. The Morgan fingerprint density at radius 3 is 2.65 bits per heavy atom. The molecule has 0 aromatic heterocycles. The van der Waals surface area contributed by atoms with Gasteiger partial charge in [-0.3, -0.25) is 4.79 Å². The fourth-order valence-corrected chi connectivity index (χ4v) is 2.26. The van der Waals surface area contributed by atoms with Gasteiger partial charge in [0.1, 0.15) is 5.75 Å². The molecule has 1 aromatic rings. The second kappa shape index (κ2) is 6.72. The highest BCUT2D eigenvalue weighted by atomic mass is 16.5. The van der Waals surface area contributed by atoms with Crippen molar-refractivity contribution in [1.82, 2.24) is 9.80 Å². The van der Waals surface area contributed by atoms with E-state index in [2.05, 4.69) is 11.9 Å². The van der Waals surface area contributed by atoms with Crippen LogP contribution in [0, 0.1) is 6.92 Å². The Morgan fingerprint density at radius 2 is 2.00 bits per heavy atom. The van der Waals surface area contributed by atoms with Crippen molar-refractivity contribution in [2.75, 3.05) is 39.8 Å². The Hall–Kier alpha value is -1.59. The normalized spacial score (nSPS) is 16.2. The summed E-state index contributed by atoms with van der Waals surface area (Å²) in [4.78, 5) is 16.1. The number of nitrogens with zero attached hydrogens (tertiary/aromatic N) is 2. The fraction of sp³-hybridized carbons (Fsp3) is 0.533. The summed E-state index contributed by atoms with van der Waals surface area (Å²) in [5.74, 6) is 0.586. The van der Waals surface area contributed by atoms with E-state index in [-0.39, 0.29) is 19.1 Å². The molecule has 0 unspecified atom stereocenters. The highest BCUT2D eigenvalue weighted by molar-refractivity contribution is 5.78. The second-order valence-corrected chi connectivity index (χ2v) is 5.24. The van der Waals surface area contributed by atoms with Gasteiger partial charge in [0.05, 0.1) is 6.61 Å². The first kappa shape index (κ1) is 14.8. The number of likely N-dealkylation sites (N-methyl/N-ethyl adjacent to an activating group) is 1. The summed E-state index contributed by atoms with van der Waals surface area (Å²) in [5, 5.41) is 9.31. The van der Waals surface area contributed by atoms with Gasteiger partial charge in [-0.05, 0) is 20.0 Å². The first-order chi connectivity index (χ1) is 9.60. The van der Waals surface area contributed by atoms with Crippen molar-refractivity contribution in [3.63, 3.8) is 0 Å². The van der Waals surface area contributed by atoms with E-state index in [4.69, 9.17) is 4.74 Å². The molecule has 20 heavy (non-hydrogen) atoms. The van der Waals surface area contributed by atoms with E-state index in [1.54, 1.807) is 6.07 Å². The van der Waals surface area contributed by atoms with Crippen LogP contribution >= 0.6 is 0 Å². The Bertz CT molecular complexity index is 468. The number of aliphatic hydroxyl groups is 1. The molecule has 0 atom stereocenters. The number of hydrogen-bond acceptors (Lipinski definition) is 4. The number of rotatable bonds is 4. The van der Waals surface area contributed by atoms with E-state index in [0.717, 1.165) is 37.3 Å². The van der Waals surface area contributed by atoms with Gasteiger partial charge in [-0.1, -0.05) is 17.7 Å². The number of ether oxygens (including phenoxy) is 1. The first-order valence-electron chi connectivity index (χ1n) is 6.89. The minimum Gasteiger partial charge on any atom is -0.483 e. The number of benzene rings is 1. The summed E-state index contributed by atoms with van der Waals surface area (Å²) >= 11 is 0. The predicted molar refractivity (Wildman–Crippen MR) is 76.7 cm³/mol. The molecular weight excluding hydrogens is 256 g/mol. The smallest absolute Gasteiger partial charge is 0.260 e. The molecule has 0 aliphatic carbocycles. The highest BCUT2D eigenvalue weighted by Gasteiger charge is 2.19. The number of carbonyl (C=O) groups is 1. The van der Waals surface area contributed by atoms with Crippen molar-refractivity contribution in [1.29, 1.82) is 0 Å². The number of piperazine rings is 1. The molecule has 1 heterocycles. The average Bonchev–Trinajstić information content (AvgIpc) is 2.46. The molecule has 1 N–H and O–H groups in total. The maximum Gasteiger partial charge on any atom is 0.260 e. The van der Waals surface area contributed by atoms with Crippen molar-refractivity contribution in [2.24, 2.45) is 0 Å². The van der Waals surface area contributed by atoms with E-state index >= 15 is 0 Å². The van der Waals surface area contributed by atoms with Crippen LogP contribution in [0.1, 0.15) is 11.1 Å². The zero-order valence-electron chi connectivity index (χ0n) is 12.1. The van der Waals surface area contributed by atoms with Crippen LogP contribution in [0.25, 0.3) is 0 Å². The van der Waals surface area contributed by atoms with Crippen LogP contribution < -0.4 is 4.74 Å². The van der Waals surface area contributed by atoms with Crippen molar-refractivity contribution in [2.45, 2.75) is 13.5 Å². The molecule has 0 radical (unpaired) electrons. The van der Waals surface area contributed by atoms with E-state index in [0.29, 0.717) is 5.75 Å². The predicted octanol–water partition coefficient (Wildman–Crippen LogP) is 0.640. The lowest BCUT2D eigenvalue weighted by Crippen LogP contribution is -2.48. The Labute approximate surface area is 119 Å². The minimum atomic E-state index is -0.0836. The summed E-state index contributed by atoms with van der Waals surface area (Å²) < 4.78 is 5.56. The van der Waals surface area contributed by atoms with E-state index in [1.807, 2.05) is 24.0 Å². The number of aryl methyl sites for hydroxylation is 1. The molecular formula is C15H22N2O3. The van der Waals surface area contributed by atoms with Crippen molar-refractivity contribution in [3.8, 4) is 5.75 Å². The molecule has 0 saturated carbocycles. The highest BCUT2D eigenvalue weighted by Crippen LogP contribution is 2.20. The zero-order chi connectivity index (χ0) is 14.5. The zero-order valence-corrected chi connectivity index (χ0v) is 12.1. The molecule has 5 nitrogen and oxygen atoms in total. The van der Waals surface area contributed by atoms with Gasteiger partial charge in [0.2, 0.25) is 0 Å². The van der Waals surface area contributed by atoms with Crippen LogP contribution in [-0.2, 0) is 11.4 Å². The van der Waals surface area contributed by atoms with Gasteiger partial charge in [0.25, 0.3) is 5.91 Å². The molecule has 0 bridgehead atoms. The molecule has 1 aliphatic heterocycles. The topological polar surface area (TPSA) is 53.0 Å². The lowest BCUT2D eigenvalue weighted by atomic mass is 10.1. The average molecular weight is 278 g/mol. The Balaban J connectivity index is 1.90. The number of hydrogen-bond donors (Lipinski definition) is 1. The van der Waals surface area contributed by atoms with Gasteiger partial charge >= 0.3 is 0 Å². The van der Waals surface area contributed by atoms with Gasteiger partial charge in [0.15, 0.2) is 6.61 Å². The summed E-state index contributed by atoms with van der Waals surface area (Å²) in [6.07, 6.45) is 0. The summed E-state index contributed by atoms with van der Waals surface area (Å²) in [6, 6.07) is 5.59. The second-order valence-electron chi connectivity index (χ2n) is 5.24. The van der Waals surface area contributed by atoms with Gasteiger partial charge < -0.3 is 19.6 Å². The molecule has 1 saturated heterocycles. The van der Waals surface area contributed by atoms with Crippen LogP contribution in [0.5, 0.6) is 5.75 Å². The van der Waals surface area contributed by atoms with Gasteiger partial charge in [-0.25, -0.2) is 0 Å². The SMILES string of the molecule is Cc1ccc(OCC(=O)N2CCN(C)CC2)c(CO)c1. The van der Waals surface area contributed by atoms with E-state index < -0.39 is 0 Å². The maximum atomic E-state index is 12.1. The lowest BCUT2D eigenvalue weighted by molar-refractivity contribution is -0.134. The molecule has 5 heteroatoms. The third-order valence-electron chi connectivity index (χ3n) is 3.59. The summed E-state index contributed by atoms with van der Waals surface area (Å²) in [5.41, 5.74) is 1.78. The molecule has 1 aliphatic rings. The van der Waals surface area contributed by atoms with Crippen LogP contribution in [0.3, 0.4) is 0 Å². The molecule has 110 valence electrons. The molecule has 1 fully saturated rings. The van der Waals surface area contributed by atoms with Crippen molar-refractivity contribution >= 4 is 5.91 Å². The molecule has 2 rings (SSSR count).